The molecule has 0 aromatic carbocycles. The number of amides is 1. The van der Waals surface area contributed by atoms with Crippen molar-refractivity contribution in [3.05, 3.63) is 11.3 Å². The van der Waals surface area contributed by atoms with Gasteiger partial charge in [-0.1, -0.05) is 12.2 Å². The summed E-state index contributed by atoms with van der Waals surface area (Å²) in [6.07, 6.45) is 0. The Morgan fingerprint density at radius 3 is 2.77 bits per heavy atom. The molecule has 9 nitrogen and oxygen atoms in total. The van der Waals surface area contributed by atoms with E-state index in [1.54, 1.807) is 6.92 Å². The highest BCUT2D eigenvalue weighted by Gasteiger charge is 2.66. The number of β-lactam (4-membered cyclic amide) rings is 1. The Morgan fingerprint density at radius 1 is 1.62 bits per heavy atom. The summed E-state index contributed by atoms with van der Waals surface area (Å²) in [6, 6.07) is 1.96. The number of carboxylic acid groups (broad SMARTS) is 1. The van der Waals surface area contributed by atoms with E-state index in [-0.39, 0.29) is 23.0 Å². The van der Waals surface area contributed by atoms with E-state index in [9.17, 15) is 19.5 Å². The average molecular weight is 399 g/mol. The van der Waals surface area contributed by atoms with Gasteiger partial charge in [0.15, 0.2) is 0 Å². The quantitative estimate of drug-likeness (QED) is 0.277. The number of thioether (sulfide) groups is 1. The molecule has 0 spiro atoms. The third-order valence-electron chi connectivity index (χ3n) is 3.98. The van der Waals surface area contributed by atoms with Crippen molar-refractivity contribution in [2.45, 2.75) is 24.9 Å². The highest BCUT2D eigenvalue weighted by molar-refractivity contribution is 8.00. The van der Waals surface area contributed by atoms with E-state index in [0.717, 1.165) is 4.90 Å². The van der Waals surface area contributed by atoms with Crippen LogP contribution in [0.1, 0.15) is 13.8 Å². The van der Waals surface area contributed by atoms with Gasteiger partial charge in [-0.2, -0.15) is 5.26 Å². The molecule has 26 heavy (non-hydrogen) atoms. The smallest absolute Gasteiger partial charge is 0.352 e. The third kappa shape index (κ3) is 3.27. The molecule has 1 saturated heterocycles. The summed E-state index contributed by atoms with van der Waals surface area (Å²) in [5.41, 5.74) is -1.45. The van der Waals surface area contributed by atoms with Crippen LogP contribution in [0.4, 0.5) is 0 Å². The molecule has 0 radical (unpaired) electrons. The molecule has 0 aromatic rings. The first-order valence-electron chi connectivity index (χ1n) is 7.50. The van der Waals surface area contributed by atoms with Crippen LogP contribution in [0.2, 0.25) is 0 Å². The number of nitrogens with one attached hydrogen (secondary N) is 1. The van der Waals surface area contributed by atoms with Crippen LogP contribution >= 0.6 is 24.0 Å². The number of fused-ring (bicyclic) bond motifs is 1. The maximum atomic E-state index is 12.8. The predicted octanol–water partition coefficient (Wildman–Crippen LogP) is 0.223. The van der Waals surface area contributed by atoms with Crippen molar-refractivity contribution in [3.8, 4) is 6.07 Å². The molecule has 3 atom stereocenters. The summed E-state index contributed by atoms with van der Waals surface area (Å²) in [7, 11) is 1.31. The lowest BCUT2D eigenvalue weighted by Gasteiger charge is -2.56. The molecule has 1 unspecified atom stereocenters. The van der Waals surface area contributed by atoms with Crippen LogP contribution in [0.3, 0.4) is 0 Å². The number of hydrogen-bond donors (Lipinski definition) is 2. The summed E-state index contributed by atoms with van der Waals surface area (Å²) in [5.74, 6) is -2.89. The highest BCUT2D eigenvalue weighted by atomic mass is 32.2. The normalized spacial score (nSPS) is 25.5. The van der Waals surface area contributed by atoms with Crippen molar-refractivity contribution in [3.63, 3.8) is 0 Å². The lowest BCUT2D eigenvalue weighted by molar-refractivity contribution is -0.187. The van der Waals surface area contributed by atoms with Gasteiger partial charge in [-0.05, 0) is 6.92 Å². The second-order valence-electron chi connectivity index (χ2n) is 5.66. The molecule has 11 heteroatoms. The Labute approximate surface area is 159 Å². The molecule has 2 heterocycles. The van der Waals surface area contributed by atoms with E-state index in [1.165, 1.54) is 25.8 Å². The number of methoxy groups -OCH3 is 1. The Balaban J connectivity index is 2.32. The molecule has 2 N–H and O–H groups in total. The molecule has 140 valence electrons. The molecule has 2 aliphatic rings. The first-order chi connectivity index (χ1) is 12.2. The molecular weight excluding hydrogens is 382 g/mol. The fraction of sp³-hybridized carbons (Fsp3) is 0.533. The highest BCUT2D eigenvalue weighted by Crippen LogP contribution is 2.46. The lowest BCUT2D eigenvalue weighted by atomic mass is 9.97. The van der Waals surface area contributed by atoms with Gasteiger partial charge in [-0.25, -0.2) is 4.79 Å². The second-order valence-corrected chi connectivity index (χ2v) is 7.16. The van der Waals surface area contributed by atoms with Gasteiger partial charge in [0.05, 0.1) is 17.0 Å². The maximum absolute atomic E-state index is 12.8. The van der Waals surface area contributed by atoms with E-state index < -0.39 is 34.9 Å². The molecule has 1 fully saturated rings. The summed E-state index contributed by atoms with van der Waals surface area (Å²) < 4.78 is 10.2. The number of nitrogens with zero attached hydrogens (tertiary/aromatic N) is 2. The number of carboxylic acids is 1. The Kier molecular flexibility index (Phi) is 5.90. The summed E-state index contributed by atoms with van der Waals surface area (Å²) >= 11 is 6.39. The minimum absolute atomic E-state index is 0.134. The molecular formula is C15H17N3O6S2. The van der Waals surface area contributed by atoms with Gasteiger partial charge in [0.2, 0.25) is 0 Å². The van der Waals surface area contributed by atoms with E-state index in [4.69, 9.17) is 27.0 Å². The monoisotopic (exact) mass is 399 g/mol. The first kappa shape index (κ1) is 20.2. The van der Waals surface area contributed by atoms with Crippen LogP contribution < -0.4 is 5.32 Å². The Hall–Kier alpha value is -2.16. The van der Waals surface area contributed by atoms with E-state index in [0.29, 0.717) is 5.57 Å². The van der Waals surface area contributed by atoms with Crippen molar-refractivity contribution < 1.29 is 29.0 Å². The third-order valence-corrected chi connectivity index (χ3v) is 5.81. The number of nitriles is 1. The molecule has 0 saturated carbocycles. The first-order valence-corrected chi connectivity index (χ1v) is 8.96. The number of carbonyl (C=O) groups is 3. The maximum Gasteiger partial charge on any atom is 0.352 e. The van der Waals surface area contributed by atoms with Crippen molar-refractivity contribution in [1.82, 2.24) is 10.2 Å². The number of thiocarbonyl (C=S) groups is 1. The largest absolute Gasteiger partial charge is 0.477 e. The summed E-state index contributed by atoms with van der Waals surface area (Å²) in [5, 5.41) is 20.6. The molecule has 2 rings (SSSR count). The van der Waals surface area contributed by atoms with E-state index in [1.807, 2.05) is 6.07 Å². The summed E-state index contributed by atoms with van der Waals surface area (Å²) in [6.45, 7) is 2.58. The molecule has 0 aromatic heterocycles. The fourth-order valence-electron chi connectivity index (χ4n) is 2.59. The number of hydrogen-bond acceptors (Lipinski definition) is 8. The molecule has 0 aliphatic carbocycles. The Morgan fingerprint density at radius 2 is 2.27 bits per heavy atom. The Bertz CT molecular complexity index is 746. The standard InChI is InChI=1S/C15H17N3O6S2/c1-7(4-16)11(25)17-15(23-3)13(22)18-10(12(20)21)9(5-24-8(2)19)6-26-14(15)18/h7,14H,5-6H2,1-3H3,(H,17,25)(H,20,21)/t7?,14-,15+/m1/s1. The van der Waals surface area contributed by atoms with Crippen molar-refractivity contribution >= 4 is 46.8 Å². The van der Waals surface area contributed by atoms with Crippen molar-refractivity contribution in [2.24, 2.45) is 5.92 Å². The molecule has 0 bridgehead atoms. The van der Waals surface area contributed by atoms with Crippen LogP contribution in [0.25, 0.3) is 0 Å². The van der Waals surface area contributed by atoms with Crippen LogP contribution in [-0.4, -0.2) is 63.4 Å². The van der Waals surface area contributed by atoms with Gasteiger partial charge >= 0.3 is 11.9 Å². The van der Waals surface area contributed by atoms with Crippen LogP contribution in [0, 0.1) is 17.2 Å². The predicted molar refractivity (Wildman–Crippen MR) is 94.6 cm³/mol. The van der Waals surface area contributed by atoms with Crippen LogP contribution in [0.5, 0.6) is 0 Å². The number of esters is 1. The van der Waals surface area contributed by atoms with Gasteiger partial charge in [0.25, 0.3) is 11.6 Å². The van der Waals surface area contributed by atoms with Gasteiger partial charge in [0, 0.05) is 25.4 Å². The van der Waals surface area contributed by atoms with Crippen molar-refractivity contribution in [1.29, 1.82) is 5.26 Å². The summed E-state index contributed by atoms with van der Waals surface area (Å²) in [4.78, 5) is 36.7. The topological polar surface area (TPSA) is 129 Å². The number of aliphatic carboxylic acids is 1. The molecule has 1 amide bonds. The lowest BCUT2D eigenvalue weighted by Crippen LogP contribution is -2.80. The minimum Gasteiger partial charge on any atom is -0.477 e. The zero-order chi connectivity index (χ0) is 19.6. The van der Waals surface area contributed by atoms with Gasteiger partial charge in [-0.3, -0.25) is 14.5 Å². The van der Waals surface area contributed by atoms with Gasteiger partial charge in [-0.15, -0.1) is 11.8 Å². The fourth-order valence-corrected chi connectivity index (χ4v) is 4.22. The zero-order valence-electron chi connectivity index (χ0n) is 14.3. The zero-order valence-corrected chi connectivity index (χ0v) is 15.9. The number of rotatable bonds is 6. The van der Waals surface area contributed by atoms with Crippen LogP contribution in [0.15, 0.2) is 11.3 Å². The number of carbonyl (C=O) groups excluding carboxylic acids is 2. The SMILES string of the molecule is CO[C@@]1(NC(=S)C(C)C#N)C(=O)N2C(C(=O)O)=C(COC(C)=O)CS[C@@H]21. The van der Waals surface area contributed by atoms with E-state index in [2.05, 4.69) is 5.32 Å². The van der Waals surface area contributed by atoms with Gasteiger partial charge < -0.3 is 19.9 Å². The van der Waals surface area contributed by atoms with Crippen LogP contribution in [-0.2, 0) is 23.9 Å². The van der Waals surface area contributed by atoms with Crippen molar-refractivity contribution in [2.75, 3.05) is 19.5 Å². The number of ether oxygens (including phenoxy) is 2. The second kappa shape index (κ2) is 7.61. The minimum atomic E-state index is -1.54. The average Bonchev–Trinajstić information content (AvgIpc) is 2.61. The van der Waals surface area contributed by atoms with Gasteiger partial charge in [0.1, 0.15) is 17.7 Å². The molecule has 2 aliphatic heterocycles. The van der Waals surface area contributed by atoms with E-state index >= 15 is 0 Å².